The van der Waals surface area contributed by atoms with Crippen molar-refractivity contribution in [1.82, 2.24) is 0 Å². The summed E-state index contributed by atoms with van der Waals surface area (Å²) in [5.41, 5.74) is 1.84. The second-order valence-corrected chi connectivity index (χ2v) is 3.89. The van der Waals surface area contributed by atoms with E-state index in [1.807, 2.05) is 42.5 Å². The molecule has 2 N–H and O–H groups in total. The van der Waals surface area contributed by atoms with Gasteiger partial charge in [-0.15, -0.1) is 0 Å². The molecule has 0 unspecified atom stereocenters. The number of hydrogen-bond acceptors (Lipinski definition) is 3. The Kier molecular flexibility index (Phi) is 4.36. The van der Waals surface area contributed by atoms with Gasteiger partial charge in [-0.3, -0.25) is 4.99 Å². The molecule has 92 valence electrons. The van der Waals surface area contributed by atoms with E-state index in [-0.39, 0.29) is 5.75 Å². The molecule has 0 spiro atoms. The van der Waals surface area contributed by atoms with Gasteiger partial charge in [-0.05, 0) is 24.3 Å². The molecule has 2 aromatic carbocycles. The van der Waals surface area contributed by atoms with Crippen molar-refractivity contribution in [3.8, 4) is 5.75 Å². The van der Waals surface area contributed by atoms with Crippen molar-refractivity contribution in [2.24, 2.45) is 4.99 Å². The van der Waals surface area contributed by atoms with Crippen LogP contribution in [0.1, 0.15) is 5.56 Å². The van der Waals surface area contributed by atoms with Gasteiger partial charge in [0.15, 0.2) is 0 Å². The van der Waals surface area contributed by atoms with E-state index >= 15 is 0 Å². The zero-order chi connectivity index (χ0) is 12.6. The highest BCUT2D eigenvalue weighted by Gasteiger charge is 1.94. The SMILES string of the molecule is Oc1ccccc1C=NCCNc1ccccc1. The Labute approximate surface area is 107 Å². The van der Waals surface area contributed by atoms with Crippen LogP contribution in [-0.4, -0.2) is 24.4 Å². The Morgan fingerprint density at radius 2 is 1.72 bits per heavy atom. The fourth-order valence-electron chi connectivity index (χ4n) is 1.58. The number of aromatic hydroxyl groups is 1. The highest BCUT2D eigenvalue weighted by atomic mass is 16.3. The van der Waals surface area contributed by atoms with Crippen molar-refractivity contribution in [1.29, 1.82) is 0 Å². The third-order valence-electron chi connectivity index (χ3n) is 2.51. The van der Waals surface area contributed by atoms with Crippen molar-refractivity contribution in [3.05, 3.63) is 60.2 Å². The first-order valence-corrected chi connectivity index (χ1v) is 5.93. The molecular formula is C15H16N2O. The van der Waals surface area contributed by atoms with Crippen LogP contribution in [0.5, 0.6) is 5.75 Å². The summed E-state index contributed by atoms with van der Waals surface area (Å²) >= 11 is 0. The van der Waals surface area contributed by atoms with E-state index in [1.54, 1.807) is 18.3 Å². The Hall–Kier alpha value is -2.29. The molecule has 0 radical (unpaired) electrons. The van der Waals surface area contributed by atoms with E-state index in [0.717, 1.165) is 17.8 Å². The van der Waals surface area contributed by atoms with Crippen molar-refractivity contribution in [3.63, 3.8) is 0 Å². The van der Waals surface area contributed by atoms with Crippen molar-refractivity contribution in [2.45, 2.75) is 0 Å². The maximum Gasteiger partial charge on any atom is 0.124 e. The second kappa shape index (κ2) is 6.45. The molecule has 0 atom stereocenters. The standard InChI is InChI=1S/C15H16N2O/c18-15-9-5-4-6-13(15)12-16-10-11-17-14-7-2-1-3-8-14/h1-9,12,17-18H,10-11H2. The minimum Gasteiger partial charge on any atom is -0.507 e. The lowest BCUT2D eigenvalue weighted by Crippen LogP contribution is -2.04. The van der Waals surface area contributed by atoms with Crippen LogP contribution >= 0.6 is 0 Å². The van der Waals surface area contributed by atoms with Crippen LogP contribution in [0.3, 0.4) is 0 Å². The van der Waals surface area contributed by atoms with Gasteiger partial charge in [-0.1, -0.05) is 30.3 Å². The lowest BCUT2D eigenvalue weighted by atomic mass is 10.2. The highest BCUT2D eigenvalue weighted by Crippen LogP contribution is 2.12. The number of benzene rings is 2. The largest absolute Gasteiger partial charge is 0.507 e. The second-order valence-electron chi connectivity index (χ2n) is 3.89. The molecule has 0 heterocycles. The van der Waals surface area contributed by atoms with E-state index < -0.39 is 0 Å². The Balaban J connectivity index is 1.77. The van der Waals surface area contributed by atoms with E-state index in [9.17, 15) is 5.11 Å². The smallest absolute Gasteiger partial charge is 0.124 e. The summed E-state index contributed by atoms with van der Waals surface area (Å²) in [5.74, 6) is 0.261. The first-order valence-electron chi connectivity index (χ1n) is 5.93. The van der Waals surface area contributed by atoms with E-state index in [1.165, 1.54) is 0 Å². The molecule has 0 fully saturated rings. The number of aliphatic imine (C=N–C) groups is 1. The van der Waals surface area contributed by atoms with Crippen molar-refractivity contribution < 1.29 is 5.11 Å². The Morgan fingerprint density at radius 3 is 2.50 bits per heavy atom. The predicted molar refractivity (Wildman–Crippen MR) is 75.5 cm³/mol. The summed E-state index contributed by atoms with van der Waals surface area (Å²) in [6, 6.07) is 17.2. The average molecular weight is 240 g/mol. The average Bonchev–Trinajstić information content (AvgIpc) is 2.42. The van der Waals surface area contributed by atoms with Gasteiger partial charge in [0, 0.05) is 24.0 Å². The third-order valence-corrected chi connectivity index (χ3v) is 2.51. The molecule has 0 amide bonds. The number of rotatable bonds is 5. The molecule has 0 saturated heterocycles. The first-order chi connectivity index (χ1) is 8.86. The van der Waals surface area contributed by atoms with Gasteiger partial charge in [0.05, 0.1) is 6.54 Å². The van der Waals surface area contributed by atoms with Crippen molar-refractivity contribution in [2.75, 3.05) is 18.4 Å². The molecule has 3 heteroatoms. The lowest BCUT2D eigenvalue weighted by Gasteiger charge is -2.03. The summed E-state index contributed by atoms with van der Waals surface area (Å²) in [4.78, 5) is 4.27. The Bertz CT molecular complexity index is 509. The zero-order valence-electron chi connectivity index (χ0n) is 10.1. The summed E-state index contributed by atoms with van der Waals surface area (Å²) < 4.78 is 0. The zero-order valence-corrected chi connectivity index (χ0v) is 10.1. The molecule has 0 aliphatic carbocycles. The number of phenolic OH excluding ortho intramolecular Hbond substituents is 1. The molecule has 0 saturated carbocycles. The topological polar surface area (TPSA) is 44.6 Å². The fraction of sp³-hybridized carbons (Fsp3) is 0.133. The highest BCUT2D eigenvalue weighted by molar-refractivity contribution is 5.83. The van der Waals surface area contributed by atoms with Gasteiger partial charge in [0.1, 0.15) is 5.75 Å². The van der Waals surface area contributed by atoms with Gasteiger partial charge in [-0.25, -0.2) is 0 Å². The van der Waals surface area contributed by atoms with Crippen LogP contribution in [0.4, 0.5) is 5.69 Å². The maximum absolute atomic E-state index is 9.54. The number of nitrogens with zero attached hydrogens (tertiary/aromatic N) is 1. The number of phenols is 1. The van der Waals surface area contributed by atoms with E-state index in [2.05, 4.69) is 10.3 Å². The Morgan fingerprint density at radius 1 is 1.00 bits per heavy atom. The van der Waals surface area contributed by atoms with Gasteiger partial charge in [-0.2, -0.15) is 0 Å². The van der Waals surface area contributed by atoms with Crippen LogP contribution in [0.25, 0.3) is 0 Å². The predicted octanol–water partition coefficient (Wildman–Crippen LogP) is 2.92. The lowest BCUT2D eigenvalue weighted by molar-refractivity contribution is 0.474. The summed E-state index contributed by atoms with van der Waals surface area (Å²) in [6.45, 7) is 1.44. The molecule has 2 rings (SSSR count). The van der Waals surface area contributed by atoms with Crippen LogP contribution in [-0.2, 0) is 0 Å². The van der Waals surface area contributed by atoms with Crippen molar-refractivity contribution >= 4 is 11.9 Å². The molecule has 0 aromatic heterocycles. The van der Waals surface area contributed by atoms with Crippen LogP contribution in [0, 0.1) is 0 Å². The minimum absolute atomic E-state index is 0.261. The monoisotopic (exact) mass is 240 g/mol. The third kappa shape index (κ3) is 3.63. The van der Waals surface area contributed by atoms with Crippen LogP contribution < -0.4 is 5.32 Å². The number of hydrogen-bond donors (Lipinski definition) is 2. The number of anilines is 1. The molecule has 18 heavy (non-hydrogen) atoms. The minimum atomic E-state index is 0.261. The quantitative estimate of drug-likeness (QED) is 0.623. The van der Waals surface area contributed by atoms with Crippen LogP contribution in [0.2, 0.25) is 0 Å². The van der Waals surface area contributed by atoms with Gasteiger partial charge >= 0.3 is 0 Å². The van der Waals surface area contributed by atoms with Gasteiger partial charge in [0.2, 0.25) is 0 Å². The maximum atomic E-state index is 9.54. The van der Waals surface area contributed by atoms with E-state index in [0.29, 0.717) is 6.54 Å². The molecule has 0 bridgehead atoms. The molecule has 0 aliphatic rings. The summed E-state index contributed by atoms with van der Waals surface area (Å²) in [5, 5.41) is 12.8. The fourth-order valence-corrected chi connectivity index (χ4v) is 1.58. The van der Waals surface area contributed by atoms with Crippen LogP contribution in [0.15, 0.2) is 59.6 Å². The molecular weight excluding hydrogens is 224 g/mol. The molecule has 0 aliphatic heterocycles. The van der Waals surface area contributed by atoms with Gasteiger partial charge in [0.25, 0.3) is 0 Å². The first kappa shape index (κ1) is 12.2. The van der Waals surface area contributed by atoms with E-state index in [4.69, 9.17) is 0 Å². The van der Waals surface area contributed by atoms with Gasteiger partial charge < -0.3 is 10.4 Å². The molecule has 2 aromatic rings. The molecule has 3 nitrogen and oxygen atoms in total. The normalized spacial score (nSPS) is 10.7. The number of para-hydroxylation sites is 2. The number of nitrogens with one attached hydrogen (secondary N) is 1. The summed E-state index contributed by atoms with van der Waals surface area (Å²) in [6.07, 6.45) is 1.70. The summed E-state index contributed by atoms with van der Waals surface area (Å²) in [7, 11) is 0.